The molecule has 0 aliphatic carbocycles. The van der Waals surface area contributed by atoms with Crippen LogP contribution in [0, 0.1) is 0 Å². The van der Waals surface area contributed by atoms with Crippen molar-refractivity contribution < 1.29 is 32.9 Å². The fourth-order valence-electron chi connectivity index (χ4n) is 2.05. The van der Waals surface area contributed by atoms with Gasteiger partial charge in [-0.2, -0.15) is 13.2 Å². The molecule has 2 atom stereocenters. The number of methoxy groups -OCH3 is 1. The van der Waals surface area contributed by atoms with Gasteiger partial charge < -0.3 is 14.9 Å². The molecule has 0 aliphatic rings. The molecular formula is C23H31F3O4. The highest BCUT2D eigenvalue weighted by molar-refractivity contribution is 5.69. The van der Waals surface area contributed by atoms with Crippen LogP contribution in [0.15, 0.2) is 72.9 Å². The van der Waals surface area contributed by atoms with Gasteiger partial charge in [-0.05, 0) is 25.7 Å². The van der Waals surface area contributed by atoms with Gasteiger partial charge in [-0.1, -0.05) is 72.9 Å². The van der Waals surface area contributed by atoms with E-state index in [4.69, 9.17) is 0 Å². The van der Waals surface area contributed by atoms with E-state index in [1.54, 1.807) is 54.7 Å². The Morgan fingerprint density at radius 3 is 1.93 bits per heavy atom. The maximum atomic E-state index is 11.9. The van der Waals surface area contributed by atoms with E-state index in [1.165, 1.54) is 13.2 Å². The van der Waals surface area contributed by atoms with Crippen molar-refractivity contribution >= 4 is 5.97 Å². The molecule has 30 heavy (non-hydrogen) atoms. The van der Waals surface area contributed by atoms with Crippen LogP contribution >= 0.6 is 0 Å². The first kappa shape index (κ1) is 27.6. The van der Waals surface area contributed by atoms with E-state index in [9.17, 15) is 28.2 Å². The number of aliphatic hydroxyl groups is 2. The Balaban J connectivity index is 3.95. The quantitative estimate of drug-likeness (QED) is 0.229. The van der Waals surface area contributed by atoms with E-state index < -0.39 is 24.8 Å². The number of allylic oxidation sites excluding steroid dienone is 8. The SMILES string of the molecule is COC(=O)CC/C=C\C[C@@H](O)/C=C/C=C/C=C\[C@@H](O)C/C=C\C/C=C\CC(F)(F)F. The Morgan fingerprint density at radius 1 is 0.867 bits per heavy atom. The molecule has 0 spiro atoms. The minimum Gasteiger partial charge on any atom is -0.469 e. The standard InChI is InChI=1S/C23H31F3O4/c1-30-22(29)18-12-7-11-17-21(28)16-10-5-4-9-15-20(27)14-8-3-2-6-13-19-23(24,25)26/h3-11,13,15-16,20-21,27-28H,2,12,14,17-19H2,1H3/b5-4+,8-3-,11-7-,13-6-,15-9-,16-10+/t20-,21-/m0/s1. The second-order valence-electron chi connectivity index (χ2n) is 6.34. The van der Waals surface area contributed by atoms with Gasteiger partial charge in [-0.15, -0.1) is 0 Å². The average molecular weight is 428 g/mol. The molecule has 4 nitrogen and oxygen atoms in total. The Bertz CT molecular complexity index is 629. The summed E-state index contributed by atoms with van der Waals surface area (Å²) in [5, 5.41) is 19.5. The number of rotatable bonds is 14. The summed E-state index contributed by atoms with van der Waals surface area (Å²) >= 11 is 0. The molecule has 7 heteroatoms. The molecule has 0 aromatic carbocycles. The van der Waals surface area contributed by atoms with Crippen LogP contribution in [-0.2, 0) is 9.53 Å². The summed E-state index contributed by atoms with van der Waals surface area (Å²) in [6.45, 7) is 0. The predicted molar refractivity (Wildman–Crippen MR) is 113 cm³/mol. The summed E-state index contributed by atoms with van der Waals surface area (Å²) in [6.07, 6.45) is 15.2. The highest BCUT2D eigenvalue weighted by Gasteiger charge is 2.24. The van der Waals surface area contributed by atoms with Gasteiger partial charge in [0.1, 0.15) is 0 Å². The van der Waals surface area contributed by atoms with Gasteiger partial charge in [0.2, 0.25) is 0 Å². The lowest BCUT2D eigenvalue weighted by molar-refractivity contribution is -0.140. The molecule has 0 unspecified atom stereocenters. The Hall–Kier alpha value is -2.38. The monoisotopic (exact) mass is 428 g/mol. The zero-order valence-electron chi connectivity index (χ0n) is 17.2. The van der Waals surface area contributed by atoms with E-state index in [0.29, 0.717) is 32.1 Å². The molecule has 168 valence electrons. The third-order valence-corrected chi connectivity index (χ3v) is 3.62. The lowest BCUT2D eigenvalue weighted by atomic mass is 10.2. The zero-order chi connectivity index (χ0) is 22.7. The summed E-state index contributed by atoms with van der Waals surface area (Å²) in [6, 6.07) is 0. The number of halogens is 3. The second kappa shape index (κ2) is 17.5. The summed E-state index contributed by atoms with van der Waals surface area (Å²) in [5.74, 6) is -0.267. The van der Waals surface area contributed by atoms with Crippen LogP contribution in [0.1, 0.15) is 38.5 Å². The van der Waals surface area contributed by atoms with Crippen LogP contribution in [0.3, 0.4) is 0 Å². The topological polar surface area (TPSA) is 66.8 Å². The number of hydrogen-bond donors (Lipinski definition) is 2. The third kappa shape index (κ3) is 20.4. The predicted octanol–water partition coefficient (Wildman–Crippen LogP) is 5.12. The van der Waals surface area contributed by atoms with Gasteiger partial charge in [0.15, 0.2) is 0 Å². The molecule has 0 saturated carbocycles. The number of aliphatic hydroxyl groups excluding tert-OH is 2. The average Bonchev–Trinajstić information content (AvgIpc) is 2.68. The summed E-state index contributed by atoms with van der Waals surface area (Å²) in [7, 11) is 1.34. The van der Waals surface area contributed by atoms with Crippen LogP contribution in [0.5, 0.6) is 0 Å². The Morgan fingerprint density at radius 2 is 1.40 bits per heavy atom. The minimum atomic E-state index is -4.17. The fraction of sp³-hybridized carbons (Fsp3) is 0.435. The van der Waals surface area contributed by atoms with E-state index >= 15 is 0 Å². The van der Waals surface area contributed by atoms with E-state index in [-0.39, 0.29) is 5.97 Å². The molecule has 0 amide bonds. The van der Waals surface area contributed by atoms with Crippen molar-refractivity contribution in [3.8, 4) is 0 Å². The smallest absolute Gasteiger partial charge is 0.392 e. The number of carbonyl (C=O) groups excluding carboxylic acids is 1. The number of carbonyl (C=O) groups is 1. The van der Waals surface area contributed by atoms with Crippen molar-refractivity contribution in [3.63, 3.8) is 0 Å². The van der Waals surface area contributed by atoms with Crippen molar-refractivity contribution in [2.45, 2.75) is 56.9 Å². The van der Waals surface area contributed by atoms with E-state index in [2.05, 4.69) is 4.74 Å². The molecule has 0 saturated heterocycles. The molecule has 0 bridgehead atoms. The highest BCUT2D eigenvalue weighted by Crippen LogP contribution is 2.19. The van der Waals surface area contributed by atoms with Crippen molar-refractivity contribution in [2.24, 2.45) is 0 Å². The van der Waals surface area contributed by atoms with Crippen molar-refractivity contribution in [1.82, 2.24) is 0 Å². The first-order valence-corrected chi connectivity index (χ1v) is 9.71. The molecule has 0 aromatic rings. The lowest BCUT2D eigenvalue weighted by Gasteiger charge is -2.00. The summed E-state index contributed by atoms with van der Waals surface area (Å²) < 4.78 is 40.3. The first-order valence-electron chi connectivity index (χ1n) is 9.71. The largest absolute Gasteiger partial charge is 0.469 e. The summed E-state index contributed by atoms with van der Waals surface area (Å²) in [5.41, 5.74) is 0. The fourth-order valence-corrected chi connectivity index (χ4v) is 2.05. The number of alkyl halides is 3. The Kier molecular flexibility index (Phi) is 16.1. The van der Waals surface area contributed by atoms with Gasteiger partial charge in [-0.25, -0.2) is 0 Å². The molecular weight excluding hydrogens is 397 g/mol. The van der Waals surface area contributed by atoms with Gasteiger partial charge in [0, 0.05) is 6.42 Å². The molecule has 0 heterocycles. The zero-order valence-corrected chi connectivity index (χ0v) is 17.2. The second-order valence-corrected chi connectivity index (χ2v) is 6.34. The normalized spacial score (nSPS) is 15.5. The van der Waals surface area contributed by atoms with Gasteiger partial charge >= 0.3 is 12.1 Å². The van der Waals surface area contributed by atoms with Crippen molar-refractivity contribution in [2.75, 3.05) is 7.11 Å². The molecule has 0 radical (unpaired) electrons. The lowest BCUT2D eigenvalue weighted by Crippen LogP contribution is -2.03. The highest BCUT2D eigenvalue weighted by atomic mass is 19.4. The molecule has 0 aliphatic heterocycles. The summed E-state index contributed by atoms with van der Waals surface area (Å²) in [4.78, 5) is 10.9. The Labute approximate surface area is 176 Å². The van der Waals surface area contributed by atoms with Gasteiger partial charge in [-0.3, -0.25) is 4.79 Å². The van der Waals surface area contributed by atoms with Crippen molar-refractivity contribution in [3.05, 3.63) is 72.9 Å². The van der Waals surface area contributed by atoms with Crippen LogP contribution in [0.2, 0.25) is 0 Å². The van der Waals surface area contributed by atoms with Crippen LogP contribution < -0.4 is 0 Å². The van der Waals surface area contributed by atoms with Crippen LogP contribution in [0.25, 0.3) is 0 Å². The van der Waals surface area contributed by atoms with Gasteiger partial charge in [0.25, 0.3) is 0 Å². The third-order valence-electron chi connectivity index (χ3n) is 3.62. The molecule has 0 fully saturated rings. The molecule has 0 aromatic heterocycles. The maximum absolute atomic E-state index is 11.9. The molecule has 0 rings (SSSR count). The van der Waals surface area contributed by atoms with Crippen molar-refractivity contribution in [1.29, 1.82) is 0 Å². The van der Waals surface area contributed by atoms with E-state index in [0.717, 1.165) is 6.08 Å². The van der Waals surface area contributed by atoms with E-state index in [1.807, 2.05) is 6.08 Å². The number of hydrogen-bond acceptors (Lipinski definition) is 4. The first-order chi connectivity index (χ1) is 14.2. The maximum Gasteiger partial charge on any atom is 0.392 e. The number of esters is 1. The molecule has 2 N–H and O–H groups in total. The minimum absolute atomic E-state index is 0.267. The number of ether oxygens (including phenoxy) is 1. The van der Waals surface area contributed by atoms with Gasteiger partial charge in [0.05, 0.1) is 25.7 Å². The van der Waals surface area contributed by atoms with Crippen LogP contribution in [-0.4, -0.2) is 41.7 Å². The van der Waals surface area contributed by atoms with Crippen LogP contribution in [0.4, 0.5) is 13.2 Å².